The zero-order valence-corrected chi connectivity index (χ0v) is 14.0. The predicted molar refractivity (Wildman–Crippen MR) is 82.4 cm³/mol. The lowest BCUT2D eigenvalue weighted by Gasteiger charge is -2.23. The quantitative estimate of drug-likeness (QED) is 0.731. The summed E-state index contributed by atoms with van der Waals surface area (Å²) in [6.45, 7) is 4.30. The molecular weight excluding hydrogens is 342 g/mol. The van der Waals surface area contributed by atoms with Crippen molar-refractivity contribution in [3.63, 3.8) is 0 Å². The van der Waals surface area contributed by atoms with Crippen LogP contribution in [0.3, 0.4) is 0 Å². The van der Waals surface area contributed by atoms with E-state index in [2.05, 4.69) is 15.9 Å². The van der Waals surface area contributed by atoms with Gasteiger partial charge in [-0.1, -0.05) is 35.0 Å². The average molecular weight is 362 g/mol. The molecule has 1 unspecified atom stereocenters. The van der Waals surface area contributed by atoms with Crippen molar-refractivity contribution in [2.45, 2.75) is 23.6 Å². The molecule has 6 heteroatoms. The number of nitrogens with zero attached hydrogens (tertiary/aromatic N) is 1. The van der Waals surface area contributed by atoms with Crippen LogP contribution in [0, 0.1) is 5.92 Å². The van der Waals surface area contributed by atoms with Crippen molar-refractivity contribution in [1.29, 1.82) is 0 Å². The first kappa shape index (κ1) is 15.9. The summed E-state index contributed by atoms with van der Waals surface area (Å²) in [5, 5.41) is 0.726. The van der Waals surface area contributed by atoms with Gasteiger partial charge in [0.15, 0.2) is 0 Å². The molecule has 1 aliphatic rings. The first-order chi connectivity index (χ1) is 9.57. The van der Waals surface area contributed by atoms with Crippen LogP contribution in [0.5, 0.6) is 0 Å². The second-order valence-corrected chi connectivity index (χ2v) is 7.46. The fourth-order valence-corrected chi connectivity index (χ4v) is 4.21. The van der Waals surface area contributed by atoms with E-state index in [1.165, 1.54) is 0 Å². The Labute approximate surface area is 129 Å². The Kier molecular flexibility index (Phi) is 5.60. The lowest BCUT2D eigenvalue weighted by atomic mass is 10.1. The Bertz CT molecular complexity index is 524. The predicted octanol–water partition coefficient (Wildman–Crippen LogP) is 2.63. The molecule has 1 saturated heterocycles. The van der Waals surface area contributed by atoms with Gasteiger partial charge in [-0.15, -0.1) is 0 Å². The average Bonchev–Trinajstić information content (AvgIpc) is 2.97. The summed E-state index contributed by atoms with van der Waals surface area (Å²) in [6.07, 6.45) is 0.939. The minimum atomic E-state index is -3.40. The van der Waals surface area contributed by atoms with Crippen molar-refractivity contribution in [3.05, 3.63) is 29.8 Å². The topological polar surface area (TPSA) is 46.6 Å². The number of hydrogen-bond donors (Lipinski definition) is 0. The molecule has 0 aliphatic carbocycles. The number of ether oxygens (including phenoxy) is 1. The summed E-state index contributed by atoms with van der Waals surface area (Å²) in [5.74, 6) is 0.312. The Hall–Kier alpha value is -0.430. The van der Waals surface area contributed by atoms with E-state index in [-0.39, 0.29) is 0 Å². The molecule has 0 N–H and O–H groups in total. The minimum absolute atomic E-state index is 0.312. The van der Waals surface area contributed by atoms with Crippen LogP contribution in [0.15, 0.2) is 29.2 Å². The molecule has 2 rings (SSSR count). The van der Waals surface area contributed by atoms with E-state index in [1.54, 1.807) is 16.4 Å². The van der Waals surface area contributed by atoms with E-state index in [0.717, 1.165) is 23.9 Å². The normalized spacial score (nSPS) is 19.6. The van der Waals surface area contributed by atoms with Crippen molar-refractivity contribution in [2.75, 3.05) is 26.3 Å². The summed E-state index contributed by atoms with van der Waals surface area (Å²) < 4.78 is 32.1. The van der Waals surface area contributed by atoms with Crippen molar-refractivity contribution in [3.8, 4) is 0 Å². The van der Waals surface area contributed by atoms with Crippen LogP contribution in [-0.2, 0) is 20.1 Å². The molecule has 0 radical (unpaired) electrons. The minimum Gasteiger partial charge on any atom is -0.381 e. The Balaban J connectivity index is 2.16. The molecule has 112 valence electrons. The van der Waals surface area contributed by atoms with E-state index >= 15 is 0 Å². The molecule has 0 aromatic heterocycles. The van der Waals surface area contributed by atoms with Gasteiger partial charge in [0.05, 0.1) is 11.5 Å². The largest absolute Gasteiger partial charge is 0.381 e. The maximum absolute atomic E-state index is 12.6. The molecule has 1 atom stereocenters. The fraction of sp³-hybridized carbons (Fsp3) is 0.571. The lowest BCUT2D eigenvalue weighted by molar-refractivity contribution is 0.181. The Morgan fingerprint density at radius 1 is 1.35 bits per heavy atom. The smallest absolute Gasteiger partial charge is 0.243 e. The van der Waals surface area contributed by atoms with E-state index in [4.69, 9.17) is 4.74 Å². The van der Waals surface area contributed by atoms with Gasteiger partial charge < -0.3 is 4.74 Å². The van der Waals surface area contributed by atoms with E-state index < -0.39 is 10.0 Å². The Morgan fingerprint density at radius 2 is 2.05 bits per heavy atom. The molecule has 0 bridgehead atoms. The van der Waals surface area contributed by atoms with Gasteiger partial charge in [0.1, 0.15) is 0 Å². The first-order valence-corrected chi connectivity index (χ1v) is 9.37. The molecule has 0 saturated carbocycles. The summed E-state index contributed by atoms with van der Waals surface area (Å²) in [4.78, 5) is 0.364. The molecule has 1 heterocycles. The third-order valence-corrected chi connectivity index (χ3v) is 6.16. The number of halogens is 1. The summed E-state index contributed by atoms with van der Waals surface area (Å²) in [7, 11) is -3.40. The van der Waals surface area contributed by atoms with Gasteiger partial charge in [-0.2, -0.15) is 4.31 Å². The molecular formula is C14H20BrNO3S. The third-order valence-electron chi connectivity index (χ3n) is 3.55. The summed E-state index contributed by atoms with van der Waals surface area (Å²) >= 11 is 3.36. The highest BCUT2D eigenvalue weighted by Gasteiger charge is 2.27. The number of sulfonamides is 1. The lowest BCUT2D eigenvalue weighted by Crippen LogP contribution is -2.35. The van der Waals surface area contributed by atoms with E-state index in [9.17, 15) is 8.42 Å². The van der Waals surface area contributed by atoms with Crippen LogP contribution in [0.25, 0.3) is 0 Å². The molecule has 0 spiro atoms. The first-order valence-electron chi connectivity index (χ1n) is 6.80. The van der Waals surface area contributed by atoms with Crippen LogP contribution in [0.4, 0.5) is 0 Å². The second-order valence-electron chi connectivity index (χ2n) is 4.96. The van der Waals surface area contributed by atoms with Crippen molar-refractivity contribution < 1.29 is 13.2 Å². The van der Waals surface area contributed by atoms with Gasteiger partial charge >= 0.3 is 0 Å². The van der Waals surface area contributed by atoms with Gasteiger partial charge in [-0.3, -0.25) is 0 Å². The van der Waals surface area contributed by atoms with Gasteiger partial charge in [-0.25, -0.2) is 8.42 Å². The molecule has 4 nitrogen and oxygen atoms in total. The highest BCUT2D eigenvalue weighted by molar-refractivity contribution is 9.08. The molecule has 1 fully saturated rings. The molecule has 1 aromatic carbocycles. The SMILES string of the molecule is CCN(CC1CCOC1)S(=O)(=O)c1ccc(CBr)cc1. The maximum atomic E-state index is 12.6. The van der Waals surface area contributed by atoms with Crippen LogP contribution in [0.1, 0.15) is 18.9 Å². The van der Waals surface area contributed by atoms with Gasteiger partial charge in [-0.05, 0) is 30.0 Å². The van der Waals surface area contributed by atoms with Crippen LogP contribution < -0.4 is 0 Å². The molecule has 20 heavy (non-hydrogen) atoms. The van der Waals surface area contributed by atoms with Crippen molar-refractivity contribution in [1.82, 2.24) is 4.31 Å². The number of alkyl halides is 1. The maximum Gasteiger partial charge on any atom is 0.243 e. The summed E-state index contributed by atoms with van der Waals surface area (Å²) in [6, 6.07) is 7.04. The zero-order chi connectivity index (χ0) is 14.6. The number of benzene rings is 1. The van der Waals surface area contributed by atoms with Gasteiger partial charge in [0, 0.05) is 25.0 Å². The standard InChI is InChI=1S/C14H20BrNO3S/c1-2-16(10-13-7-8-19-11-13)20(17,18)14-5-3-12(9-15)4-6-14/h3-6,13H,2,7-11H2,1H3. The van der Waals surface area contributed by atoms with Crippen LogP contribution >= 0.6 is 15.9 Å². The monoisotopic (exact) mass is 361 g/mol. The van der Waals surface area contributed by atoms with Gasteiger partial charge in [0.2, 0.25) is 10.0 Å². The van der Waals surface area contributed by atoms with E-state index in [0.29, 0.717) is 30.5 Å². The molecule has 0 amide bonds. The Morgan fingerprint density at radius 3 is 2.55 bits per heavy atom. The molecule has 1 aromatic rings. The van der Waals surface area contributed by atoms with Gasteiger partial charge in [0.25, 0.3) is 0 Å². The zero-order valence-electron chi connectivity index (χ0n) is 11.6. The molecule has 1 aliphatic heterocycles. The summed E-state index contributed by atoms with van der Waals surface area (Å²) in [5.41, 5.74) is 1.07. The van der Waals surface area contributed by atoms with Crippen LogP contribution in [0.2, 0.25) is 0 Å². The number of rotatable bonds is 6. The highest BCUT2D eigenvalue weighted by Crippen LogP contribution is 2.21. The highest BCUT2D eigenvalue weighted by atomic mass is 79.9. The third kappa shape index (κ3) is 3.61. The second kappa shape index (κ2) is 7.02. The number of hydrogen-bond acceptors (Lipinski definition) is 3. The van der Waals surface area contributed by atoms with Crippen molar-refractivity contribution >= 4 is 26.0 Å². The van der Waals surface area contributed by atoms with Crippen LogP contribution in [-0.4, -0.2) is 39.0 Å². The van der Waals surface area contributed by atoms with E-state index in [1.807, 2.05) is 19.1 Å². The fourth-order valence-electron chi connectivity index (χ4n) is 2.31. The van der Waals surface area contributed by atoms with Crippen molar-refractivity contribution in [2.24, 2.45) is 5.92 Å².